The van der Waals surface area contributed by atoms with Crippen LogP contribution in [0.25, 0.3) is 0 Å². The summed E-state index contributed by atoms with van der Waals surface area (Å²) in [7, 11) is 0. The summed E-state index contributed by atoms with van der Waals surface area (Å²) in [6.07, 6.45) is 2.74. The Balaban J connectivity index is 1.30. The molecule has 4 atom stereocenters. The number of hydrogen-bond acceptors (Lipinski definition) is 1. The molecule has 4 heterocycles. The minimum atomic E-state index is -2.56. The SMILES string of the molecule is Cc1ccc2c([nH+]1)C[NH2+]C[C@]21C[NH2+]C[C@H]1C(=O)N1CC[C@@H](c2ccccc2)C[C@H]1C1CCC(F)(F)CC1. The summed E-state index contributed by atoms with van der Waals surface area (Å²) in [5.74, 6) is -1.86. The Bertz CT molecular complexity index is 1130. The van der Waals surface area contributed by atoms with Gasteiger partial charge in [0.1, 0.15) is 11.3 Å². The number of aryl methyl sites for hydroxylation is 1. The van der Waals surface area contributed by atoms with E-state index in [0.717, 1.165) is 51.3 Å². The van der Waals surface area contributed by atoms with Crippen molar-refractivity contribution in [3.63, 3.8) is 0 Å². The summed E-state index contributed by atoms with van der Waals surface area (Å²) in [6, 6.07) is 15.0. The summed E-state index contributed by atoms with van der Waals surface area (Å²) in [5, 5.41) is 4.66. The zero-order valence-corrected chi connectivity index (χ0v) is 21.9. The molecular weight excluding hydrogens is 470 g/mol. The third-order valence-electron chi connectivity index (χ3n) is 9.95. The Hall–Kier alpha value is -2.38. The van der Waals surface area contributed by atoms with Crippen molar-refractivity contribution in [1.82, 2.24) is 4.90 Å². The number of rotatable bonds is 3. The van der Waals surface area contributed by atoms with Gasteiger partial charge < -0.3 is 15.5 Å². The summed E-state index contributed by atoms with van der Waals surface area (Å²) in [5.41, 5.74) is 4.82. The van der Waals surface area contributed by atoms with Crippen molar-refractivity contribution in [2.75, 3.05) is 26.2 Å². The third-order valence-corrected chi connectivity index (χ3v) is 9.95. The van der Waals surface area contributed by atoms with Gasteiger partial charge in [-0.3, -0.25) is 4.79 Å². The third kappa shape index (κ3) is 4.59. The molecule has 0 unspecified atom stereocenters. The van der Waals surface area contributed by atoms with Crippen LogP contribution in [0.15, 0.2) is 42.5 Å². The molecule has 37 heavy (non-hydrogen) atoms. The molecule has 1 amide bonds. The second-order valence-corrected chi connectivity index (χ2v) is 12.1. The lowest BCUT2D eigenvalue weighted by atomic mass is 9.68. The van der Waals surface area contributed by atoms with Gasteiger partial charge >= 0.3 is 0 Å². The number of amides is 1. The number of carbonyl (C=O) groups is 1. The number of pyridine rings is 1. The molecule has 0 radical (unpaired) electrons. The van der Waals surface area contributed by atoms with Crippen LogP contribution in [0.5, 0.6) is 0 Å². The molecule has 4 aliphatic rings. The Kier molecular flexibility index (Phi) is 6.56. The van der Waals surface area contributed by atoms with Gasteiger partial charge in [-0.15, -0.1) is 0 Å². The van der Waals surface area contributed by atoms with Crippen LogP contribution < -0.4 is 15.6 Å². The van der Waals surface area contributed by atoms with Gasteiger partial charge in [0, 0.05) is 44.0 Å². The number of hydrogen-bond donors (Lipinski definition) is 2. The summed E-state index contributed by atoms with van der Waals surface area (Å²) in [4.78, 5) is 20.2. The number of aromatic amines is 1. The number of carbonyl (C=O) groups excluding carboxylic acids is 1. The highest BCUT2D eigenvalue weighted by Gasteiger charge is 2.58. The number of alkyl halides is 2. The quantitative estimate of drug-likeness (QED) is 0.650. The van der Waals surface area contributed by atoms with Crippen molar-refractivity contribution in [1.29, 1.82) is 0 Å². The van der Waals surface area contributed by atoms with Gasteiger partial charge in [0.25, 0.3) is 0 Å². The van der Waals surface area contributed by atoms with Gasteiger partial charge in [0.2, 0.25) is 17.5 Å². The number of halogens is 2. The molecule has 1 aromatic heterocycles. The van der Waals surface area contributed by atoms with E-state index in [-0.39, 0.29) is 42.0 Å². The van der Waals surface area contributed by atoms with Crippen LogP contribution in [0.4, 0.5) is 8.78 Å². The number of benzene rings is 1. The maximum absolute atomic E-state index is 14.5. The molecule has 2 aromatic rings. The highest BCUT2D eigenvalue weighted by molar-refractivity contribution is 5.82. The molecule has 5 nitrogen and oxygen atoms in total. The molecule has 0 bridgehead atoms. The molecular formula is C30H41F2N4O+3. The van der Waals surface area contributed by atoms with Crippen molar-refractivity contribution in [3.8, 4) is 0 Å². The van der Waals surface area contributed by atoms with Crippen LogP contribution in [0.2, 0.25) is 0 Å². The summed E-state index contributed by atoms with van der Waals surface area (Å²) < 4.78 is 28.2. The maximum Gasteiger partial charge on any atom is 0.248 e. The van der Waals surface area contributed by atoms with Gasteiger partial charge in [-0.25, -0.2) is 13.8 Å². The number of aromatic nitrogens is 1. The lowest BCUT2D eigenvalue weighted by Crippen LogP contribution is -2.91. The van der Waals surface area contributed by atoms with E-state index >= 15 is 0 Å². The Morgan fingerprint density at radius 2 is 1.78 bits per heavy atom. The van der Waals surface area contributed by atoms with Crippen LogP contribution >= 0.6 is 0 Å². The maximum atomic E-state index is 14.5. The fraction of sp³-hybridized carbons (Fsp3) is 0.600. The van der Waals surface area contributed by atoms with E-state index in [4.69, 9.17) is 0 Å². The predicted molar refractivity (Wildman–Crippen MR) is 136 cm³/mol. The van der Waals surface area contributed by atoms with Crippen molar-refractivity contribution >= 4 is 5.91 Å². The molecule has 7 heteroatoms. The smallest absolute Gasteiger partial charge is 0.248 e. The van der Waals surface area contributed by atoms with Crippen LogP contribution in [0, 0.1) is 18.8 Å². The average Bonchev–Trinajstić information content (AvgIpc) is 3.32. The molecule has 6 rings (SSSR count). The minimum absolute atomic E-state index is 0.0387. The Labute approximate surface area is 218 Å². The first-order chi connectivity index (χ1) is 17.9. The molecule has 1 saturated carbocycles. The molecule has 1 aromatic carbocycles. The molecule has 5 N–H and O–H groups in total. The summed E-state index contributed by atoms with van der Waals surface area (Å²) in [6.45, 7) is 6.36. The van der Waals surface area contributed by atoms with Crippen molar-refractivity contribution in [3.05, 3.63) is 65.0 Å². The first-order valence-corrected chi connectivity index (χ1v) is 14.3. The van der Waals surface area contributed by atoms with E-state index in [9.17, 15) is 13.6 Å². The number of quaternary nitrogens is 2. The Morgan fingerprint density at radius 3 is 2.57 bits per heavy atom. The normalized spacial score (nSPS) is 31.9. The van der Waals surface area contributed by atoms with Crippen molar-refractivity contribution in [2.45, 2.75) is 75.3 Å². The number of H-pyrrole nitrogens is 1. The largest absolute Gasteiger partial charge is 0.345 e. The fourth-order valence-electron chi connectivity index (χ4n) is 8.00. The molecule has 3 aliphatic heterocycles. The highest BCUT2D eigenvalue weighted by Crippen LogP contribution is 2.45. The molecule has 198 valence electrons. The number of nitrogens with zero attached hydrogens (tertiary/aromatic N) is 1. The van der Waals surface area contributed by atoms with Crippen LogP contribution in [0.3, 0.4) is 0 Å². The van der Waals surface area contributed by atoms with Gasteiger partial charge in [0.15, 0.2) is 12.2 Å². The number of piperidine rings is 1. The van der Waals surface area contributed by atoms with Gasteiger partial charge in [-0.05, 0) is 49.1 Å². The van der Waals surface area contributed by atoms with Crippen molar-refractivity contribution in [2.24, 2.45) is 11.8 Å². The van der Waals surface area contributed by atoms with Crippen LogP contribution in [-0.4, -0.2) is 49.0 Å². The molecule has 1 aliphatic carbocycles. The van der Waals surface area contributed by atoms with Crippen molar-refractivity contribution < 1.29 is 29.2 Å². The lowest BCUT2D eigenvalue weighted by Gasteiger charge is -2.47. The predicted octanol–water partition coefficient (Wildman–Crippen LogP) is 1.92. The topological polar surface area (TPSA) is 67.7 Å². The van der Waals surface area contributed by atoms with Crippen LogP contribution in [-0.2, 0) is 16.8 Å². The highest BCUT2D eigenvalue weighted by atomic mass is 19.3. The number of nitrogens with one attached hydrogen (secondary N) is 1. The summed E-state index contributed by atoms with van der Waals surface area (Å²) >= 11 is 0. The van der Waals surface area contributed by atoms with Crippen LogP contribution in [0.1, 0.15) is 67.0 Å². The van der Waals surface area contributed by atoms with E-state index in [1.165, 1.54) is 16.8 Å². The number of likely N-dealkylation sites (tertiary alicyclic amines) is 1. The first kappa shape index (κ1) is 24.9. The number of nitrogens with two attached hydrogens (primary N) is 2. The van der Waals surface area contributed by atoms with E-state index < -0.39 is 5.92 Å². The van der Waals surface area contributed by atoms with E-state index in [0.29, 0.717) is 18.8 Å². The van der Waals surface area contributed by atoms with E-state index in [1.54, 1.807) is 0 Å². The van der Waals surface area contributed by atoms with Gasteiger partial charge in [-0.2, -0.15) is 0 Å². The average molecular weight is 512 g/mol. The van der Waals surface area contributed by atoms with E-state index in [2.05, 4.69) is 63.8 Å². The standard InChI is InChI=1S/C30H38F2N4O/c1-20-7-8-24-26(35-20)17-34-19-29(24)18-33-16-25(29)28(37)36-14-11-23(21-5-3-2-4-6-21)15-27(36)22-9-12-30(31,32)13-10-22/h2-8,22-23,25,27,33-34H,9-19H2,1H3/p+3/t23-,25+,27+,29-/m1/s1. The molecule has 1 spiro atoms. The zero-order valence-electron chi connectivity index (χ0n) is 21.9. The Morgan fingerprint density at radius 1 is 1.03 bits per heavy atom. The molecule has 3 fully saturated rings. The molecule has 2 saturated heterocycles. The van der Waals surface area contributed by atoms with Gasteiger partial charge in [-0.1, -0.05) is 30.3 Å². The zero-order chi connectivity index (χ0) is 25.6. The second kappa shape index (κ2) is 9.73. The fourth-order valence-corrected chi connectivity index (χ4v) is 8.00. The minimum Gasteiger partial charge on any atom is -0.345 e. The monoisotopic (exact) mass is 511 g/mol. The number of fused-ring (bicyclic) bond motifs is 2. The lowest BCUT2D eigenvalue weighted by molar-refractivity contribution is -0.701. The van der Waals surface area contributed by atoms with Gasteiger partial charge in [0.05, 0.1) is 19.6 Å². The van der Waals surface area contributed by atoms with E-state index in [1.807, 2.05) is 6.07 Å². The first-order valence-electron chi connectivity index (χ1n) is 14.3. The second-order valence-electron chi connectivity index (χ2n) is 12.1.